The number of hydrogen-bond donors (Lipinski definition) is 2. The van der Waals surface area contributed by atoms with Crippen molar-refractivity contribution in [1.82, 2.24) is 4.98 Å². The number of fused-ring (bicyclic) bond motifs is 1. The van der Waals surface area contributed by atoms with E-state index in [1.165, 1.54) is 0 Å². The van der Waals surface area contributed by atoms with Crippen molar-refractivity contribution in [2.24, 2.45) is 5.84 Å². The van der Waals surface area contributed by atoms with Crippen LogP contribution < -0.4 is 11.3 Å². The zero-order valence-corrected chi connectivity index (χ0v) is 8.53. The van der Waals surface area contributed by atoms with Crippen LogP contribution in [0.15, 0.2) is 30.5 Å². The molecule has 0 saturated carbocycles. The van der Waals surface area contributed by atoms with Crippen LogP contribution in [0.3, 0.4) is 0 Å². The van der Waals surface area contributed by atoms with Crippen molar-refractivity contribution >= 4 is 16.6 Å². The molecule has 0 aliphatic rings. The van der Waals surface area contributed by atoms with Gasteiger partial charge in [-0.25, -0.2) is 10.8 Å². The largest absolute Gasteiger partial charge is 0.380 e. The minimum atomic E-state index is 0.589. The van der Waals surface area contributed by atoms with E-state index in [0.717, 1.165) is 16.3 Å². The summed E-state index contributed by atoms with van der Waals surface area (Å²) in [7, 11) is 1.68. The van der Waals surface area contributed by atoms with Gasteiger partial charge in [0.25, 0.3) is 0 Å². The lowest BCUT2D eigenvalue weighted by Gasteiger charge is -2.08. The number of nitrogens with zero attached hydrogens (tertiary/aromatic N) is 1. The van der Waals surface area contributed by atoms with Crippen LogP contribution >= 0.6 is 0 Å². The minimum Gasteiger partial charge on any atom is -0.380 e. The predicted octanol–water partition coefficient (Wildman–Crippen LogP) is 1.67. The monoisotopic (exact) mass is 203 g/mol. The van der Waals surface area contributed by atoms with Gasteiger partial charge in [-0.3, -0.25) is 0 Å². The van der Waals surface area contributed by atoms with Crippen LogP contribution in [-0.2, 0) is 11.3 Å². The molecule has 4 nitrogen and oxygen atoms in total. The summed E-state index contributed by atoms with van der Waals surface area (Å²) >= 11 is 0. The van der Waals surface area contributed by atoms with Gasteiger partial charge in [-0.05, 0) is 17.0 Å². The van der Waals surface area contributed by atoms with Gasteiger partial charge in [-0.1, -0.05) is 18.2 Å². The Hall–Kier alpha value is -1.65. The molecule has 0 amide bonds. The molecule has 0 aliphatic heterocycles. The van der Waals surface area contributed by atoms with Crippen molar-refractivity contribution < 1.29 is 4.74 Å². The fourth-order valence-corrected chi connectivity index (χ4v) is 1.67. The quantitative estimate of drug-likeness (QED) is 0.588. The van der Waals surface area contributed by atoms with Gasteiger partial charge in [0.2, 0.25) is 0 Å². The predicted molar refractivity (Wildman–Crippen MR) is 60.3 cm³/mol. The maximum atomic E-state index is 5.40. The first-order valence-corrected chi connectivity index (χ1v) is 4.69. The maximum absolute atomic E-state index is 5.40. The molecule has 0 saturated heterocycles. The van der Waals surface area contributed by atoms with Gasteiger partial charge in [-0.15, -0.1) is 0 Å². The Morgan fingerprint density at radius 3 is 2.93 bits per heavy atom. The van der Waals surface area contributed by atoms with E-state index < -0.39 is 0 Å². The van der Waals surface area contributed by atoms with Gasteiger partial charge in [-0.2, -0.15) is 0 Å². The van der Waals surface area contributed by atoms with E-state index in [1.807, 2.05) is 24.3 Å². The van der Waals surface area contributed by atoms with Crippen LogP contribution in [0, 0.1) is 0 Å². The molecule has 15 heavy (non-hydrogen) atoms. The number of nitrogen functional groups attached to an aromatic ring is 1. The molecular formula is C11H13N3O. The van der Waals surface area contributed by atoms with Crippen LogP contribution in [0.4, 0.5) is 5.82 Å². The van der Waals surface area contributed by atoms with E-state index in [-0.39, 0.29) is 0 Å². The van der Waals surface area contributed by atoms with Crippen molar-refractivity contribution in [3.05, 3.63) is 36.0 Å². The molecule has 0 aliphatic carbocycles. The molecule has 0 fully saturated rings. The van der Waals surface area contributed by atoms with Crippen molar-refractivity contribution in [3.8, 4) is 0 Å². The van der Waals surface area contributed by atoms with Gasteiger partial charge in [0, 0.05) is 18.7 Å². The average molecular weight is 203 g/mol. The molecule has 0 radical (unpaired) electrons. The number of methoxy groups -OCH3 is 1. The Balaban J connectivity index is 2.65. The summed E-state index contributed by atoms with van der Waals surface area (Å²) in [6.07, 6.45) is 1.73. The normalized spacial score (nSPS) is 10.5. The summed E-state index contributed by atoms with van der Waals surface area (Å²) < 4.78 is 5.14. The number of hydrogen-bond acceptors (Lipinski definition) is 4. The van der Waals surface area contributed by atoms with Crippen molar-refractivity contribution in [1.29, 1.82) is 0 Å². The van der Waals surface area contributed by atoms with Gasteiger partial charge >= 0.3 is 0 Å². The SMILES string of the molecule is COCc1cccc2c(NN)nccc12. The first-order valence-electron chi connectivity index (χ1n) is 4.69. The number of anilines is 1. The lowest BCUT2D eigenvalue weighted by molar-refractivity contribution is 0.186. The lowest BCUT2D eigenvalue weighted by Crippen LogP contribution is -2.08. The average Bonchev–Trinajstić information content (AvgIpc) is 2.29. The number of benzene rings is 1. The Morgan fingerprint density at radius 2 is 2.20 bits per heavy atom. The third kappa shape index (κ3) is 1.77. The molecule has 0 atom stereocenters. The zero-order valence-electron chi connectivity index (χ0n) is 8.53. The molecule has 3 N–H and O–H groups in total. The Bertz CT molecular complexity index is 470. The van der Waals surface area contributed by atoms with Crippen LogP contribution in [-0.4, -0.2) is 12.1 Å². The van der Waals surface area contributed by atoms with Crippen molar-refractivity contribution in [2.45, 2.75) is 6.61 Å². The van der Waals surface area contributed by atoms with Gasteiger partial charge in [0.15, 0.2) is 0 Å². The highest BCUT2D eigenvalue weighted by Gasteiger charge is 2.04. The smallest absolute Gasteiger partial charge is 0.147 e. The first-order chi connectivity index (χ1) is 7.36. The molecule has 1 heterocycles. The van der Waals surface area contributed by atoms with E-state index in [9.17, 15) is 0 Å². The van der Waals surface area contributed by atoms with E-state index in [1.54, 1.807) is 13.3 Å². The Kier molecular flexibility index (Phi) is 2.80. The molecule has 0 spiro atoms. The van der Waals surface area contributed by atoms with Crippen LogP contribution in [0.1, 0.15) is 5.56 Å². The number of hydrazine groups is 1. The molecule has 2 aromatic rings. The minimum absolute atomic E-state index is 0.589. The highest BCUT2D eigenvalue weighted by molar-refractivity contribution is 5.93. The highest BCUT2D eigenvalue weighted by atomic mass is 16.5. The fraction of sp³-hybridized carbons (Fsp3) is 0.182. The molecular weight excluding hydrogens is 190 g/mol. The number of rotatable bonds is 3. The summed E-state index contributed by atoms with van der Waals surface area (Å²) in [6, 6.07) is 7.95. The van der Waals surface area contributed by atoms with Gasteiger partial charge in [0.05, 0.1) is 6.61 Å². The molecule has 2 rings (SSSR count). The summed E-state index contributed by atoms with van der Waals surface area (Å²) in [5.74, 6) is 6.08. The van der Waals surface area contributed by atoms with Crippen molar-refractivity contribution in [2.75, 3.05) is 12.5 Å². The molecule has 0 unspecified atom stereocenters. The maximum Gasteiger partial charge on any atom is 0.147 e. The number of aromatic nitrogens is 1. The summed E-state index contributed by atoms with van der Waals surface area (Å²) in [5.41, 5.74) is 3.72. The van der Waals surface area contributed by atoms with Crippen molar-refractivity contribution in [3.63, 3.8) is 0 Å². The Labute approximate surface area is 88.0 Å². The van der Waals surface area contributed by atoms with Crippen LogP contribution in [0.2, 0.25) is 0 Å². The summed E-state index contributed by atoms with van der Waals surface area (Å²) in [5, 5.41) is 2.12. The number of nitrogens with one attached hydrogen (secondary N) is 1. The van der Waals surface area contributed by atoms with E-state index in [2.05, 4.69) is 10.4 Å². The van der Waals surface area contributed by atoms with Gasteiger partial charge < -0.3 is 10.2 Å². The molecule has 1 aromatic heterocycles. The zero-order chi connectivity index (χ0) is 10.7. The lowest BCUT2D eigenvalue weighted by atomic mass is 10.1. The second-order valence-corrected chi connectivity index (χ2v) is 3.25. The second-order valence-electron chi connectivity index (χ2n) is 3.25. The van der Waals surface area contributed by atoms with Crippen LogP contribution in [0.25, 0.3) is 10.8 Å². The van der Waals surface area contributed by atoms with E-state index >= 15 is 0 Å². The molecule has 1 aromatic carbocycles. The molecule has 0 bridgehead atoms. The third-order valence-electron chi connectivity index (χ3n) is 2.33. The Morgan fingerprint density at radius 1 is 1.33 bits per heavy atom. The second kappa shape index (κ2) is 4.25. The molecule has 4 heteroatoms. The number of nitrogens with two attached hydrogens (primary N) is 1. The summed E-state index contributed by atoms with van der Waals surface area (Å²) in [6.45, 7) is 0.589. The third-order valence-corrected chi connectivity index (χ3v) is 2.33. The first kappa shape index (κ1) is 9.89. The van der Waals surface area contributed by atoms with Crippen LogP contribution in [0.5, 0.6) is 0 Å². The highest BCUT2D eigenvalue weighted by Crippen LogP contribution is 2.23. The topological polar surface area (TPSA) is 60.2 Å². The van der Waals surface area contributed by atoms with Gasteiger partial charge in [0.1, 0.15) is 5.82 Å². The molecule has 78 valence electrons. The fourth-order valence-electron chi connectivity index (χ4n) is 1.67. The standard InChI is InChI=1S/C11H13N3O/c1-15-7-8-3-2-4-10-9(8)5-6-13-11(10)14-12/h2-6H,7,12H2,1H3,(H,13,14). The van der Waals surface area contributed by atoms with E-state index in [0.29, 0.717) is 12.4 Å². The number of pyridine rings is 1. The number of ether oxygens (including phenoxy) is 1. The van der Waals surface area contributed by atoms with E-state index in [4.69, 9.17) is 10.6 Å². The summed E-state index contributed by atoms with van der Waals surface area (Å²) in [4.78, 5) is 4.15.